The van der Waals surface area contributed by atoms with Crippen LogP contribution in [0.5, 0.6) is 11.5 Å². The molecule has 220 valence electrons. The van der Waals surface area contributed by atoms with Gasteiger partial charge in [0.2, 0.25) is 6.79 Å². The topological polar surface area (TPSA) is 141 Å². The van der Waals surface area contributed by atoms with Crippen LogP contribution < -0.4 is 14.8 Å². The summed E-state index contributed by atoms with van der Waals surface area (Å²) < 4.78 is 39.5. The lowest BCUT2D eigenvalue weighted by molar-refractivity contribution is -0.173. The van der Waals surface area contributed by atoms with Gasteiger partial charge in [0.15, 0.2) is 23.2 Å². The van der Waals surface area contributed by atoms with E-state index in [2.05, 4.69) is 10.3 Å². The minimum absolute atomic E-state index is 0.0492. The van der Waals surface area contributed by atoms with Crippen molar-refractivity contribution >= 4 is 17.8 Å². The largest absolute Gasteiger partial charge is 0.493 e. The molecule has 1 aromatic heterocycles. The van der Waals surface area contributed by atoms with Crippen LogP contribution in [0.4, 0.5) is 0 Å². The fourth-order valence-corrected chi connectivity index (χ4v) is 3.69. The molecule has 1 aliphatic heterocycles. The van der Waals surface area contributed by atoms with Gasteiger partial charge in [-0.3, -0.25) is 9.59 Å². The number of amides is 1. The Morgan fingerprint density at radius 2 is 1.82 bits per heavy atom. The molecule has 0 aliphatic carbocycles. The maximum Gasteiger partial charge on any atom is 0.331 e. The van der Waals surface area contributed by atoms with Gasteiger partial charge in [0, 0.05) is 32.4 Å². The Morgan fingerprint density at radius 3 is 2.44 bits per heavy atom. The molecule has 0 spiro atoms. The van der Waals surface area contributed by atoms with E-state index in [1.807, 2.05) is 34.6 Å². The fourth-order valence-electron chi connectivity index (χ4n) is 3.69. The van der Waals surface area contributed by atoms with E-state index >= 15 is 0 Å². The number of hydrogen-bond donors (Lipinski definition) is 1. The van der Waals surface area contributed by atoms with Crippen LogP contribution in [-0.4, -0.2) is 87.5 Å². The van der Waals surface area contributed by atoms with Gasteiger partial charge in [-0.05, 0) is 18.3 Å². The van der Waals surface area contributed by atoms with Gasteiger partial charge in [0.05, 0.1) is 20.3 Å². The molecule has 1 amide bonds. The third-order valence-electron chi connectivity index (χ3n) is 5.59. The van der Waals surface area contributed by atoms with E-state index in [-0.39, 0.29) is 42.2 Å². The number of cyclic esters (lactones) is 1. The highest BCUT2D eigenvalue weighted by Gasteiger charge is 2.38. The van der Waals surface area contributed by atoms with E-state index < -0.39 is 49.0 Å². The predicted octanol–water partition coefficient (Wildman–Crippen LogP) is 2.52. The molecule has 0 aromatic carbocycles. The first kappa shape index (κ1) is 32.3. The number of nitrogens with zero attached hydrogens (tertiary/aromatic N) is 1. The van der Waals surface area contributed by atoms with Gasteiger partial charge < -0.3 is 38.5 Å². The average Bonchev–Trinajstić information content (AvgIpc) is 2.94. The van der Waals surface area contributed by atoms with Crippen molar-refractivity contribution in [3.05, 3.63) is 18.0 Å². The van der Waals surface area contributed by atoms with Gasteiger partial charge in [-0.15, -0.1) is 0 Å². The maximum absolute atomic E-state index is 13.2. The number of hydrogen-bond acceptors (Lipinski definition) is 11. The molecular weight excluding hydrogens is 512 g/mol. The molecule has 1 saturated heterocycles. The Bertz CT molecular complexity index is 939. The van der Waals surface area contributed by atoms with E-state index in [1.54, 1.807) is 0 Å². The number of nitrogens with one attached hydrogen (secondary N) is 1. The zero-order valence-corrected chi connectivity index (χ0v) is 23.9. The van der Waals surface area contributed by atoms with Crippen molar-refractivity contribution in [2.45, 2.75) is 72.3 Å². The summed E-state index contributed by atoms with van der Waals surface area (Å²) in [5.74, 6) is -1.29. The quantitative estimate of drug-likeness (QED) is 0.284. The van der Waals surface area contributed by atoms with Crippen LogP contribution >= 0.6 is 0 Å². The van der Waals surface area contributed by atoms with Crippen molar-refractivity contribution in [3.8, 4) is 11.5 Å². The molecule has 2 heterocycles. The summed E-state index contributed by atoms with van der Waals surface area (Å²) in [6.45, 7) is 11.7. The lowest BCUT2D eigenvalue weighted by Gasteiger charge is -2.33. The molecule has 4 unspecified atom stereocenters. The van der Waals surface area contributed by atoms with E-state index in [1.165, 1.54) is 26.3 Å². The normalized spacial score (nSPS) is 21.9. The number of aromatic nitrogens is 1. The summed E-state index contributed by atoms with van der Waals surface area (Å²) >= 11 is 0. The molecule has 4 atom stereocenters. The molecule has 1 aromatic rings. The second kappa shape index (κ2) is 16.2. The zero-order valence-electron chi connectivity index (χ0n) is 23.9. The molecule has 12 nitrogen and oxygen atoms in total. The summed E-state index contributed by atoms with van der Waals surface area (Å²) in [6.07, 6.45) is 0.190. The molecule has 1 fully saturated rings. The standard InChI is InChI=1S/C27H42N2O10/c1-8-20-24(36-12-17(4)5)22(35-11-16(2)3)14-34-13-19(27(32)39-20)29-26(31)23-25(38-15-37-18(6)30)21(33-7)9-10-28-23/h9-10,16-17,19-20,22,24H,8,11-15H2,1-7H3,(H,29,31). The lowest BCUT2D eigenvalue weighted by atomic mass is 10.0. The van der Waals surface area contributed by atoms with Gasteiger partial charge in [-0.2, -0.15) is 0 Å². The number of rotatable bonds is 13. The molecular formula is C27H42N2O10. The van der Waals surface area contributed by atoms with Crippen LogP contribution in [0, 0.1) is 11.8 Å². The van der Waals surface area contributed by atoms with E-state index in [0.29, 0.717) is 19.6 Å². The smallest absolute Gasteiger partial charge is 0.331 e. The molecule has 1 N–H and O–H groups in total. The van der Waals surface area contributed by atoms with Crippen molar-refractivity contribution in [1.29, 1.82) is 0 Å². The Hall–Kier alpha value is -2.96. The minimum atomic E-state index is -1.14. The Labute approximate surface area is 230 Å². The lowest BCUT2D eigenvalue weighted by Crippen LogP contribution is -2.48. The minimum Gasteiger partial charge on any atom is -0.493 e. The number of carbonyl (C=O) groups is 3. The van der Waals surface area contributed by atoms with Crippen molar-refractivity contribution in [1.82, 2.24) is 10.3 Å². The maximum atomic E-state index is 13.2. The Kier molecular flexibility index (Phi) is 13.4. The zero-order chi connectivity index (χ0) is 28.9. The second-order valence-corrected chi connectivity index (χ2v) is 9.99. The molecule has 39 heavy (non-hydrogen) atoms. The first-order chi connectivity index (χ1) is 18.6. The van der Waals surface area contributed by atoms with Crippen molar-refractivity contribution < 1.29 is 47.5 Å². The van der Waals surface area contributed by atoms with Gasteiger partial charge in [0.25, 0.3) is 5.91 Å². The third-order valence-corrected chi connectivity index (χ3v) is 5.59. The predicted molar refractivity (Wildman–Crippen MR) is 139 cm³/mol. The number of pyridine rings is 1. The molecule has 2 rings (SSSR count). The highest BCUT2D eigenvalue weighted by atomic mass is 16.7. The van der Waals surface area contributed by atoms with Crippen LogP contribution in [0.1, 0.15) is 58.5 Å². The molecule has 0 radical (unpaired) electrons. The SMILES string of the molecule is CCC1OC(=O)C(NC(=O)c2nccc(OC)c2OCOC(C)=O)COCC(OCC(C)C)C1OCC(C)C. The van der Waals surface area contributed by atoms with Crippen LogP contribution in [0.15, 0.2) is 12.3 Å². The summed E-state index contributed by atoms with van der Waals surface area (Å²) in [5.41, 5.74) is -0.169. The Balaban J connectivity index is 2.26. The second-order valence-electron chi connectivity index (χ2n) is 9.99. The van der Waals surface area contributed by atoms with E-state index in [4.69, 9.17) is 33.2 Å². The van der Waals surface area contributed by atoms with Gasteiger partial charge in [0.1, 0.15) is 18.3 Å². The highest BCUT2D eigenvalue weighted by Crippen LogP contribution is 2.30. The number of esters is 2. The van der Waals surface area contributed by atoms with Gasteiger partial charge >= 0.3 is 11.9 Å². The first-order valence-corrected chi connectivity index (χ1v) is 13.2. The average molecular weight is 555 g/mol. The number of carbonyl (C=O) groups excluding carboxylic acids is 3. The van der Waals surface area contributed by atoms with E-state index in [9.17, 15) is 14.4 Å². The van der Waals surface area contributed by atoms with Crippen molar-refractivity contribution in [3.63, 3.8) is 0 Å². The van der Waals surface area contributed by atoms with Crippen LogP contribution in [0.3, 0.4) is 0 Å². The first-order valence-electron chi connectivity index (χ1n) is 13.2. The molecule has 1 aliphatic rings. The van der Waals surface area contributed by atoms with Crippen LogP contribution in [0.2, 0.25) is 0 Å². The van der Waals surface area contributed by atoms with Crippen LogP contribution in [0.25, 0.3) is 0 Å². The van der Waals surface area contributed by atoms with Crippen LogP contribution in [-0.2, 0) is 33.3 Å². The number of methoxy groups -OCH3 is 1. The summed E-state index contributed by atoms with van der Waals surface area (Å²) in [6, 6.07) is 0.341. The highest BCUT2D eigenvalue weighted by molar-refractivity contribution is 5.98. The summed E-state index contributed by atoms with van der Waals surface area (Å²) in [7, 11) is 1.39. The van der Waals surface area contributed by atoms with Crippen molar-refractivity contribution in [2.75, 3.05) is 40.3 Å². The van der Waals surface area contributed by atoms with E-state index in [0.717, 1.165) is 0 Å². The Morgan fingerprint density at radius 1 is 1.13 bits per heavy atom. The molecule has 0 bridgehead atoms. The third kappa shape index (κ3) is 10.3. The summed E-state index contributed by atoms with van der Waals surface area (Å²) in [4.78, 5) is 41.7. The fraction of sp³-hybridized carbons (Fsp3) is 0.704. The number of ether oxygens (including phenoxy) is 7. The van der Waals surface area contributed by atoms with Gasteiger partial charge in [-0.25, -0.2) is 9.78 Å². The molecule has 0 saturated carbocycles. The molecule has 12 heteroatoms. The summed E-state index contributed by atoms with van der Waals surface area (Å²) in [5, 5.41) is 2.62. The van der Waals surface area contributed by atoms with Crippen molar-refractivity contribution in [2.24, 2.45) is 11.8 Å². The monoisotopic (exact) mass is 554 g/mol. The van der Waals surface area contributed by atoms with Gasteiger partial charge in [-0.1, -0.05) is 34.6 Å².